The summed E-state index contributed by atoms with van der Waals surface area (Å²) in [6.07, 6.45) is 3.61. The average Bonchev–Trinajstić information content (AvgIpc) is 3.65. The number of fused-ring (bicyclic) bond motifs is 2. The Balaban J connectivity index is 1.34. The number of amides is 2. The van der Waals surface area contributed by atoms with E-state index in [2.05, 4.69) is 46.2 Å². The minimum Gasteiger partial charge on any atom is -0.326 e. The van der Waals surface area contributed by atoms with Gasteiger partial charge in [-0.2, -0.15) is 5.10 Å². The Kier molecular flexibility index (Phi) is 4.92. The van der Waals surface area contributed by atoms with Gasteiger partial charge in [-0.1, -0.05) is 48.5 Å². The van der Waals surface area contributed by atoms with E-state index in [0.29, 0.717) is 11.3 Å². The molecule has 2 amide bonds. The van der Waals surface area contributed by atoms with Crippen LogP contribution in [0.2, 0.25) is 0 Å². The van der Waals surface area contributed by atoms with E-state index < -0.39 is 0 Å². The molecule has 0 radical (unpaired) electrons. The molecule has 0 bridgehead atoms. The maximum absolute atomic E-state index is 12.5. The summed E-state index contributed by atoms with van der Waals surface area (Å²) in [7, 11) is 0. The molecule has 0 unspecified atom stereocenters. The molecule has 5 nitrogen and oxygen atoms in total. The van der Waals surface area contributed by atoms with Crippen molar-refractivity contribution in [1.29, 1.82) is 0 Å². The molecule has 0 aromatic heterocycles. The third-order valence-corrected chi connectivity index (χ3v) is 5.54. The van der Waals surface area contributed by atoms with E-state index in [9.17, 15) is 9.59 Å². The molecular weight excluding hydrogens is 386 g/mol. The number of hydrazone groups is 1. The minimum absolute atomic E-state index is 0.0455. The van der Waals surface area contributed by atoms with Crippen LogP contribution in [-0.2, 0) is 4.79 Å². The summed E-state index contributed by atoms with van der Waals surface area (Å²) in [6.45, 7) is 0. The summed E-state index contributed by atoms with van der Waals surface area (Å²) in [4.78, 5) is 24.3. The van der Waals surface area contributed by atoms with Gasteiger partial charge in [0.1, 0.15) is 0 Å². The van der Waals surface area contributed by atoms with Gasteiger partial charge in [0.05, 0.1) is 6.21 Å². The van der Waals surface area contributed by atoms with Crippen molar-refractivity contribution < 1.29 is 9.59 Å². The van der Waals surface area contributed by atoms with Gasteiger partial charge < -0.3 is 5.32 Å². The zero-order chi connectivity index (χ0) is 21.2. The van der Waals surface area contributed by atoms with Crippen LogP contribution in [0.4, 0.5) is 5.69 Å². The zero-order valence-electron chi connectivity index (χ0n) is 16.8. The monoisotopic (exact) mass is 407 g/mol. The Morgan fingerprint density at radius 3 is 2.06 bits per heavy atom. The Morgan fingerprint density at radius 1 is 0.839 bits per heavy atom. The van der Waals surface area contributed by atoms with Crippen molar-refractivity contribution in [3.8, 4) is 0 Å². The molecule has 0 atom stereocenters. The highest BCUT2D eigenvalue weighted by Crippen LogP contribution is 2.30. The fourth-order valence-corrected chi connectivity index (χ4v) is 3.70. The number of carbonyl (C=O) groups is 2. The summed E-state index contributed by atoms with van der Waals surface area (Å²) < 4.78 is 0. The molecule has 5 rings (SSSR count). The molecule has 1 aliphatic rings. The second-order valence-corrected chi connectivity index (χ2v) is 7.77. The van der Waals surface area contributed by atoms with E-state index in [1.54, 1.807) is 30.5 Å². The first kappa shape index (κ1) is 19.0. The van der Waals surface area contributed by atoms with Crippen molar-refractivity contribution in [2.24, 2.45) is 11.0 Å². The van der Waals surface area contributed by atoms with Crippen molar-refractivity contribution in [3.05, 3.63) is 90.0 Å². The molecule has 2 N–H and O–H groups in total. The van der Waals surface area contributed by atoms with Gasteiger partial charge in [0, 0.05) is 22.7 Å². The number of hydrogen-bond donors (Lipinski definition) is 2. The summed E-state index contributed by atoms with van der Waals surface area (Å²) in [6, 6.07) is 25.3. The largest absolute Gasteiger partial charge is 0.326 e. The molecule has 1 aliphatic carbocycles. The van der Waals surface area contributed by atoms with Gasteiger partial charge in [-0.05, 0) is 64.7 Å². The van der Waals surface area contributed by atoms with Crippen LogP contribution >= 0.6 is 0 Å². The SMILES string of the molecule is O=C(NN=Cc1c2ccccc2cc2ccccc12)c1ccc(NC(=O)C2CC2)cc1. The third-order valence-electron chi connectivity index (χ3n) is 5.54. The molecule has 4 aromatic rings. The second kappa shape index (κ2) is 8.03. The van der Waals surface area contributed by atoms with Crippen LogP contribution in [0.15, 0.2) is 84.0 Å². The Bertz CT molecular complexity index is 1270. The summed E-state index contributed by atoms with van der Waals surface area (Å²) in [5.74, 6) is -0.118. The minimum atomic E-state index is -0.305. The highest BCUT2D eigenvalue weighted by molar-refractivity contribution is 6.13. The summed E-state index contributed by atoms with van der Waals surface area (Å²) in [5, 5.41) is 11.5. The molecular formula is C26H21N3O2. The fraction of sp³-hybridized carbons (Fsp3) is 0.115. The first-order valence-electron chi connectivity index (χ1n) is 10.3. The molecule has 5 heteroatoms. The number of benzene rings is 4. The Hall–Kier alpha value is -3.99. The van der Waals surface area contributed by atoms with Gasteiger partial charge in [-0.3, -0.25) is 9.59 Å². The van der Waals surface area contributed by atoms with E-state index in [-0.39, 0.29) is 17.7 Å². The van der Waals surface area contributed by atoms with E-state index in [0.717, 1.165) is 39.9 Å². The van der Waals surface area contributed by atoms with Gasteiger partial charge in [0.2, 0.25) is 5.91 Å². The number of rotatable bonds is 5. The van der Waals surface area contributed by atoms with Gasteiger partial charge in [-0.25, -0.2) is 5.43 Å². The Labute approximate surface area is 179 Å². The normalized spacial score (nSPS) is 13.5. The lowest BCUT2D eigenvalue weighted by atomic mass is 9.97. The van der Waals surface area contributed by atoms with Crippen molar-refractivity contribution in [2.75, 3.05) is 5.32 Å². The first-order valence-corrected chi connectivity index (χ1v) is 10.3. The topological polar surface area (TPSA) is 70.6 Å². The van der Waals surface area contributed by atoms with Crippen LogP contribution in [0.5, 0.6) is 0 Å². The number of anilines is 1. The lowest BCUT2D eigenvalue weighted by molar-refractivity contribution is -0.117. The van der Waals surface area contributed by atoms with Gasteiger partial charge >= 0.3 is 0 Å². The quantitative estimate of drug-likeness (QED) is 0.274. The lowest BCUT2D eigenvalue weighted by Gasteiger charge is -2.08. The van der Waals surface area contributed by atoms with Gasteiger partial charge in [-0.15, -0.1) is 0 Å². The molecule has 152 valence electrons. The third kappa shape index (κ3) is 4.03. The predicted molar refractivity (Wildman–Crippen MR) is 124 cm³/mol. The van der Waals surface area contributed by atoms with E-state index >= 15 is 0 Å². The highest BCUT2D eigenvalue weighted by atomic mass is 16.2. The predicted octanol–water partition coefficient (Wildman–Crippen LogP) is 5.11. The van der Waals surface area contributed by atoms with Crippen LogP contribution in [0.1, 0.15) is 28.8 Å². The fourth-order valence-electron chi connectivity index (χ4n) is 3.70. The standard InChI is InChI=1S/C26H21N3O2/c30-25(17-9-10-17)28-21-13-11-18(12-14-21)26(31)29-27-16-24-22-7-3-1-5-19(22)15-20-6-2-4-8-23(20)24/h1-8,11-17H,9-10H2,(H,28,30)(H,29,31). The summed E-state index contributed by atoms with van der Waals surface area (Å²) >= 11 is 0. The van der Waals surface area contributed by atoms with Crippen LogP contribution in [-0.4, -0.2) is 18.0 Å². The lowest BCUT2D eigenvalue weighted by Crippen LogP contribution is -2.18. The van der Waals surface area contributed by atoms with Crippen molar-refractivity contribution in [1.82, 2.24) is 5.43 Å². The molecule has 0 saturated heterocycles. The maximum Gasteiger partial charge on any atom is 0.271 e. The van der Waals surface area contributed by atoms with Crippen LogP contribution in [0.25, 0.3) is 21.5 Å². The van der Waals surface area contributed by atoms with Crippen LogP contribution in [0, 0.1) is 5.92 Å². The first-order chi connectivity index (χ1) is 15.2. The molecule has 1 saturated carbocycles. The smallest absolute Gasteiger partial charge is 0.271 e. The number of hydrogen-bond acceptors (Lipinski definition) is 3. The molecule has 31 heavy (non-hydrogen) atoms. The van der Waals surface area contributed by atoms with Gasteiger partial charge in [0.25, 0.3) is 5.91 Å². The van der Waals surface area contributed by atoms with Gasteiger partial charge in [0.15, 0.2) is 0 Å². The van der Waals surface area contributed by atoms with Crippen molar-refractivity contribution in [2.45, 2.75) is 12.8 Å². The zero-order valence-corrected chi connectivity index (χ0v) is 16.8. The van der Waals surface area contributed by atoms with E-state index in [1.165, 1.54) is 0 Å². The van der Waals surface area contributed by atoms with E-state index in [4.69, 9.17) is 0 Å². The van der Waals surface area contributed by atoms with Crippen LogP contribution < -0.4 is 10.7 Å². The molecule has 0 heterocycles. The molecule has 1 fully saturated rings. The summed E-state index contributed by atoms with van der Waals surface area (Å²) in [5.41, 5.74) is 4.74. The van der Waals surface area contributed by atoms with Crippen molar-refractivity contribution in [3.63, 3.8) is 0 Å². The highest BCUT2D eigenvalue weighted by Gasteiger charge is 2.29. The average molecular weight is 407 g/mol. The van der Waals surface area contributed by atoms with Crippen LogP contribution in [0.3, 0.4) is 0 Å². The molecule has 4 aromatic carbocycles. The Morgan fingerprint density at radius 2 is 1.45 bits per heavy atom. The van der Waals surface area contributed by atoms with Crippen molar-refractivity contribution >= 4 is 45.3 Å². The molecule has 0 spiro atoms. The van der Waals surface area contributed by atoms with E-state index in [1.807, 2.05) is 24.3 Å². The maximum atomic E-state index is 12.5. The number of nitrogens with zero attached hydrogens (tertiary/aromatic N) is 1. The molecule has 0 aliphatic heterocycles. The number of carbonyl (C=O) groups excluding carboxylic acids is 2. The second-order valence-electron chi connectivity index (χ2n) is 7.77. The number of nitrogens with one attached hydrogen (secondary N) is 2.